The molecule has 2 aliphatic rings. The third-order valence-corrected chi connectivity index (χ3v) is 8.35. The van der Waals surface area contributed by atoms with Gasteiger partial charge in [0.2, 0.25) is 0 Å². The van der Waals surface area contributed by atoms with Crippen molar-refractivity contribution in [2.45, 2.75) is 122 Å². The summed E-state index contributed by atoms with van der Waals surface area (Å²) in [6.07, 6.45) is 28.1. The summed E-state index contributed by atoms with van der Waals surface area (Å²) in [5.74, 6) is 3.01. The molecule has 32 heavy (non-hydrogen) atoms. The second-order valence-corrected chi connectivity index (χ2v) is 10.8. The monoisotopic (exact) mass is 433 g/mol. The van der Waals surface area contributed by atoms with Crippen molar-refractivity contribution < 1.29 is 0 Å². The molecular formula is C31H47N. The van der Waals surface area contributed by atoms with Gasteiger partial charge in [-0.2, -0.15) is 5.26 Å². The number of allylic oxidation sites excluding steroid dienone is 2. The fraction of sp³-hybridized carbons (Fsp3) is 0.710. The van der Waals surface area contributed by atoms with Crippen LogP contribution in [-0.2, 0) is 6.42 Å². The van der Waals surface area contributed by atoms with Crippen LogP contribution in [0, 0.1) is 29.1 Å². The Hall–Kier alpha value is -1.55. The van der Waals surface area contributed by atoms with Crippen molar-refractivity contribution >= 4 is 0 Å². The van der Waals surface area contributed by atoms with Crippen molar-refractivity contribution in [1.82, 2.24) is 0 Å². The van der Waals surface area contributed by atoms with E-state index in [2.05, 4.69) is 31.2 Å². The van der Waals surface area contributed by atoms with Crippen molar-refractivity contribution in [3.05, 3.63) is 47.0 Å². The first-order valence-electron chi connectivity index (χ1n) is 13.9. The lowest BCUT2D eigenvalue weighted by Crippen LogP contribution is -2.16. The molecule has 1 unspecified atom stereocenters. The fourth-order valence-electron chi connectivity index (χ4n) is 5.98. The maximum absolute atomic E-state index is 8.93. The van der Waals surface area contributed by atoms with Gasteiger partial charge in [-0.1, -0.05) is 108 Å². The molecule has 0 N–H and O–H groups in total. The van der Waals surface area contributed by atoms with Gasteiger partial charge < -0.3 is 0 Å². The van der Waals surface area contributed by atoms with Crippen LogP contribution in [-0.4, -0.2) is 0 Å². The number of aryl methyl sites for hydroxylation is 1. The minimum atomic E-state index is 0.764. The van der Waals surface area contributed by atoms with E-state index in [0.29, 0.717) is 0 Å². The number of benzene rings is 1. The minimum Gasteiger partial charge on any atom is -0.192 e. The summed E-state index contributed by atoms with van der Waals surface area (Å²) >= 11 is 0. The van der Waals surface area contributed by atoms with Crippen LogP contribution in [0.4, 0.5) is 0 Å². The van der Waals surface area contributed by atoms with Crippen LogP contribution in [0.25, 0.3) is 0 Å². The molecule has 0 amide bonds. The van der Waals surface area contributed by atoms with Crippen LogP contribution in [0.5, 0.6) is 0 Å². The van der Waals surface area contributed by atoms with Gasteiger partial charge in [0.25, 0.3) is 0 Å². The van der Waals surface area contributed by atoms with Crippen LogP contribution < -0.4 is 0 Å². The standard InChI is InChI=1S/C31H47N/c1-2-3-4-5-6-7-8-26-9-11-27(12-10-26)13-14-28-15-17-29(18-16-28)19-20-30-21-23-31(25-32)24-22-30/h17,21-24,26-28H,2-16,18-20H2,1H3/t26-,27-,28?. The van der Waals surface area contributed by atoms with Crippen LogP contribution in [0.15, 0.2) is 35.9 Å². The Kier molecular flexibility index (Phi) is 11.4. The zero-order valence-corrected chi connectivity index (χ0v) is 20.8. The number of nitrogens with zero attached hydrogens (tertiary/aromatic N) is 1. The zero-order valence-electron chi connectivity index (χ0n) is 20.8. The predicted molar refractivity (Wildman–Crippen MR) is 138 cm³/mol. The van der Waals surface area contributed by atoms with E-state index in [4.69, 9.17) is 5.26 Å². The van der Waals surface area contributed by atoms with Crippen molar-refractivity contribution in [2.75, 3.05) is 0 Å². The molecule has 0 aliphatic heterocycles. The topological polar surface area (TPSA) is 23.8 Å². The lowest BCUT2D eigenvalue weighted by Gasteiger charge is -2.30. The van der Waals surface area contributed by atoms with Crippen molar-refractivity contribution in [2.24, 2.45) is 17.8 Å². The third-order valence-electron chi connectivity index (χ3n) is 8.35. The van der Waals surface area contributed by atoms with E-state index in [1.165, 1.54) is 115 Å². The van der Waals surface area contributed by atoms with Crippen molar-refractivity contribution in [1.29, 1.82) is 5.26 Å². The Labute approximate surface area is 198 Å². The summed E-state index contributed by atoms with van der Waals surface area (Å²) in [4.78, 5) is 0. The molecule has 1 fully saturated rings. The Morgan fingerprint density at radius 1 is 0.750 bits per heavy atom. The van der Waals surface area contributed by atoms with Crippen molar-refractivity contribution in [3.8, 4) is 6.07 Å². The van der Waals surface area contributed by atoms with Gasteiger partial charge in [0.1, 0.15) is 0 Å². The normalized spacial score (nSPS) is 23.5. The predicted octanol–water partition coefficient (Wildman–Crippen LogP) is 9.55. The number of hydrogen-bond donors (Lipinski definition) is 0. The zero-order chi connectivity index (χ0) is 22.4. The van der Waals surface area contributed by atoms with Gasteiger partial charge in [0.15, 0.2) is 0 Å². The first-order chi connectivity index (χ1) is 15.8. The highest BCUT2D eigenvalue weighted by molar-refractivity contribution is 5.32. The minimum absolute atomic E-state index is 0.764. The molecular weight excluding hydrogens is 386 g/mol. The highest BCUT2D eigenvalue weighted by Crippen LogP contribution is 2.37. The van der Waals surface area contributed by atoms with E-state index >= 15 is 0 Å². The Balaban J connectivity index is 1.24. The highest BCUT2D eigenvalue weighted by Gasteiger charge is 2.22. The van der Waals surface area contributed by atoms with E-state index in [-0.39, 0.29) is 0 Å². The summed E-state index contributed by atoms with van der Waals surface area (Å²) in [5, 5.41) is 8.93. The number of hydrogen-bond acceptors (Lipinski definition) is 1. The van der Waals surface area contributed by atoms with Crippen LogP contribution in [0.2, 0.25) is 0 Å². The molecule has 1 nitrogen and oxygen atoms in total. The van der Waals surface area contributed by atoms with E-state index in [9.17, 15) is 0 Å². The smallest absolute Gasteiger partial charge is 0.0991 e. The van der Waals surface area contributed by atoms with Gasteiger partial charge in [0.05, 0.1) is 11.6 Å². The second-order valence-electron chi connectivity index (χ2n) is 10.8. The molecule has 1 atom stereocenters. The summed E-state index contributed by atoms with van der Waals surface area (Å²) in [6, 6.07) is 10.3. The molecule has 1 heteroatoms. The molecule has 0 aromatic heterocycles. The average molecular weight is 434 g/mol. The van der Waals surface area contributed by atoms with E-state index in [1.807, 2.05) is 12.1 Å². The summed E-state index contributed by atoms with van der Waals surface area (Å²) < 4.78 is 0. The largest absolute Gasteiger partial charge is 0.192 e. The Morgan fingerprint density at radius 2 is 1.41 bits per heavy atom. The second kappa shape index (κ2) is 14.6. The molecule has 0 bridgehead atoms. The summed E-state index contributed by atoms with van der Waals surface area (Å²) in [6.45, 7) is 2.31. The van der Waals surface area contributed by atoms with Crippen LogP contribution in [0.3, 0.4) is 0 Å². The molecule has 0 saturated heterocycles. The molecule has 1 aromatic carbocycles. The van der Waals surface area contributed by atoms with Gasteiger partial charge in [-0.25, -0.2) is 0 Å². The van der Waals surface area contributed by atoms with Gasteiger partial charge in [-0.05, 0) is 74.0 Å². The highest BCUT2D eigenvalue weighted by atomic mass is 14.3. The molecule has 2 aliphatic carbocycles. The molecule has 0 heterocycles. The number of rotatable bonds is 13. The van der Waals surface area contributed by atoms with E-state index < -0.39 is 0 Å². The maximum Gasteiger partial charge on any atom is 0.0991 e. The first kappa shape index (κ1) is 25.1. The maximum atomic E-state index is 8.93. The van der Waals surface area contributed by atoms with Gasteiger partial charge in [-0.15, -0.1) is 0 Å². The third kappa shape index (κ3) is 9.13. The Morgan fingerprint density at radius 3 is 2.06 bits per heavy atom. The van der Waals surface area contributed by atoms with Crippen LogP contribution >= 0.6 is 0 Å². The molecule has 0 radical (unpaired) electrons. The molecule has 176 valence electrons. The lowest BCUT2D eigenvalue weighted by molar-refractivity contribution is 0.234. The molecule has 3 rings (SSSR count). The Bertz CT molecular complexity index is 699. The van der Waals surface area contributed by atoms with E-state index in [0.717, 1.165) is 29.7 Å². The summed E-state index contributed by atoms with van der Waals surface area (Å²) in [7, 11) is 0. The number of unbranched alkanes of at least 4 members (excludes halogenated alkanes) is 5. The average Bonchev–Trinajstić information content (AvgIpc) is 2.85. The van der Waals surface area contributed by atoms with Gasteiger partial charge >= 0.3 is 0 Å². The quantitative estimate of drug-likeness (QED) is 0.224. The number of nitriles is 1. The van der Waals surface area contributed by atoms with Crippen molar-refractivity contribution in [3.63, 3.8) is 0 Å². The summed E-state index contributed by atoms with van der Waals surface area (Å²) in [5.41, 5.74) is 3.79. The fourth-order valence-corrected chi connectivity index (χ4v) is 5.98. The molecule has 1 saturated carbocycles. The first-order valence-corrected chi connectivity index (χ1v) is 13.9. The van der Waals surface area contributed by atoms with Crippen LogP contribution in [0.1, 0.15) is 127 Å². The van der Waals surface area contributed by atoms with Gasteiger partial charge in [0, 0.05) is 0 Å². The SMILES string of the molecule is CCCCCCCC[C@H]1CC[C@H](CCC2CC=C(CCc3ccc(C#N)cc3)CC2)CC1. The van der Waals surface area contributed by atoms with E-state index in [1.54, 1.807) is 5.57 Å². The molecule has 1 aromatic rings. The lowest BCUT2D eigenvalue weighted by atomic mass is 9.76. The van der Waals surface area contributed by atoms with Gasteiger partial charge in [-0.3, -0.25) is 0 Å². The molecule has 0 spiro atoms.